The number of methoxy groups -OCH3 is 1. The average Bonchev–Trinajstić information content (AvgIpc) is 2.49. The van der Waals surface area contributed by atoms with Crippen LogP contribution >= 0.6 is 0 Å². The minimum atomic E-state index is -0.409. The summed E-state index contributed by atoms with van der Waals surface area (Å²) in [6.07, 6.45) is 1.48. The van der Waals surface area contributed by atoms with Gasteiger partial charge in [0.05, 0.1) is 18.4 Å². The van der Waals surface area contributed by atoms with Crippen molar-refractivity contribution in [2.45, 2.75) is 13.1 Å². The van der Waals surface area contributed by atoms with Crippen molar-refractivity contribution < 1.29 is 13.9 Å². The highest BCUT2D eigenvalue weighted by Gasteiger charge is 2.08. The first-order valence-corrected chi connectivity index (χ1v) is 6.55. The first-order valence-electron chi connectivity index (χ1n) is 6.55. The predicted molar refractivity (Wildman–Crippen MR) is 77.1 cm³/mol. The van der Waals surface area contributed by atoms with Gasteiger partial charge < -0.3 is 4.74 Å². The maximum Gasteiger partial charge on any atom is 0.339 e. The van der Waals surface area contributed by atoms with E-state index in [9.17, 15) is 9.18 Å². The lowest BCUT2D eigenvalue weighted by molar-refractivity contribution is 0.0600. The Morgan fingerprint density at radius 3 is 2.62 bits per heavy atom. The van der Waals surface area contributed by atoms with Crippen molar-refractivity contribution in [2.75, 3.05) is 14.2 Å². The summed E-state index contributed by atoms with van der Waals surface area (Å²) < 4.78 is 18.2. The molecule has 0 aliphatic rings. The lowest BCUT2D eigenvalue weighted by Gasteiger charge is -2.16. The number of hydrogen-bond acceptors (Lipinski definition) is 4. The van der Waals surface area contributed by atoms with Crippen molar-refractivity contribution in [1.82, 2.24) is 9.88 Å². The predicted octanol–water partition coefficient (Wildman–Crippen LogP) is 2.64. The van der Waals surface area contributed by atoms with Gasteiger partial charge in [-0.15, -0.1) is 0 Å². The van der Waals surface area contributed by atoms with E-state index in [-0.39, 0.29) is 5.82 Å². The first kappa shape index (κ1) is 15.1. The summed E-state index contributed by atoms with van der Waals surface area (Å²) in [4.78, 5) is 17.5. The molecule has 0 bridgehead atoms. The zero-order chi connectivity index (χ0) is 15.2. The van der Waals surface area contributed by atoms with Gasteiger partial charge in [0.1, 0.15) is 5.82 Å². The van der Waals surface area contributed by atoms with Gasteiger partial charge in [-0.25, -0.2) is 9.18 Å². The molecule has 0 fully saturated rings. The molecule has 0 radical (unpaired) electrons. The summed E-state index contributed by atoms with van der Waals surface area (Å²) in [5.74, 6) is -0.618. The van der Waals surface area contributed by atoms with E-state index in [0.717, 1.165) is 5.69 Å². The Balaban J connectivity index is 1.98. The smallest absolute Gasteiger partial charge is 0.339 e. The molecular formula is C16H17FN2O2. The van der Waals surface area contributed by atoms with Crippen LogP contribution in [0.1, 0.15) is 21.6 Å². The van der Waals surface area contributed by atoms with Crippen LogP contribution in [0.4, 0.5) is 4.39 Å². The van der Waals surface area contributed by atoms with Gasteiger partial charge in [-0.2, -0.15) is 0 Å². The normalized spacial score (nSPS) is 10.7. The number of ether oxygens (including phenoxy) is 1. The number of rotatable bonds is 5. The van der Waals surface area contributed by atoms with Crippen LogP contribution in [0.5, 0.6) is 0 Å². The molecular weight excluding hydrogens is 271 g/mol. The lowest BCUT2D eigenvalue weighted by Crippen LogP contribution is -2.18. The van der Waals surface area contributed by atoms with E-state index < -0.39 is 5.97 Å². The number of halogens is 1. The molecule has 0 unspecified atom stereocenters. The fraction of sp³-hybridized carbons (Fsp3) is 0.250. The zero-order valence-corrected chi connectivity index (χ0v) is 12.0. The molecule has 0 saturated heterocycles. The molecule has 0 amide bonds. The van der Waals surface area contributed by atoms with Gasteiger partial charge in [0.25, 0.3) is 0 Å². The second kappa shape index (κ2) is 6.95. The number of nitrogens with zero attached hydrogens (tertiary/aromatic N) is 2. The fourth-order valence-electron chi connectivity index (χ4n) is 2.01. The average molecular weight is 288 g/mol. The van der Waals surface area contributed by atoms with Crippen molar-refractivity contribution in [2.24, 2.45) is 0 Å². The summed E-state index contributed by atoms with van der Waals surface area (Å²) in [5, 5.41) is 0. The molecule has 110 valence electrons. The highest BCUT2D eigenvalue weighted by Crippen LogP contribution is 2.11. The number of pyridine rings is 1. The van der Waals surface area contributed by atoms with Crippen molar-refractivity contribution >= 4 is 5.97 Å². The number of aromatic nitrogens is 1. The Hall–Kier alpha value is -2.27. The number of hydrogen-bond donors (Lipinski definition) is 0. The van der Waals surface area contributed by atoms with Gasteiger partial charge in [0, 0.05) is 24.8 Å². The van der Waals surface area contributed by atoms with Crippen LogP contribution in [-0.4, -0.2) is 30.0 Å². The quantitative estimate of drug-likeness (QED) is 0.793. The van der Waals surface area contributed by atoms with E-state index in [2.05, 4.69) is 9.72 Å². The monoisotopic (exact) mass is 288 g/mol. The Labute approximate surface area is 123 Å². The van der Waals surface area contributed by atoms with Crippen LogP contribution < -0.4 is 0 Å². The molecule has 0 aliphatic heterocycles. The highest BCUT2D eigenvalue weighted by molar-refractivity contribution is 5.88. The molecule has 4 nitrogen and oxygen atoms in total. The SMILES string of the molecule is COC(=O)c1ccc(CN(C)Cc2ccccc2F)nc1. The van der Waals surface area contributed by atoms with Crippen molar-refractivity contribution in [3.63, 3.8) is 0 Å². The maximum atomic E-state index is 13.6. The Morgan fingerprint density at radius 2 is 2.00 bits per heavy atom. The summed E-state index contributed by atoms with van der Waals surface area (Å²) in [5.41, 5.74) is 1.87. The Morgan fingerprint density at radius 1 is 1.24 bits per heavy atom. The number of carbonyl (C=O) groups excluding carboxylic acids is 1. The number of esters is 1. The molecule has 2 aromatic rings. The third kappa shape index (κ3) is 4.10. The topological polar surface area (TPSA) is 42.4 Å². The molecule has 5 heteroatoms. The van der Waals surface area contributed by atoms with Crippen molar-refractivity contribution in [3.05, 3.63) is 65.2 Å². The number of carbonyl (C=O) groups is 1. The van der Waals surface area contributed by atoms with E-state index in [4.69, 9.17) is 0 Å². The minimum Gasteiger partial charge on any atom is -0.465 e. The van der Waals surface area contributed by atoms with Gasteiger partial charge in [0.2, 0.25) is 0 Å². The van der Waals surface area contributed by atoms with Crippen LogP contribution in [-0.2, 0) is 17.8 Å². The standard InChI is InChI=1S/C16H17FN2O2/c1-19(10-13-5-3-4-6-15(13)17)11-14-8-7-12(9-18-14)16(20)21-2/h3-9H,10-11H2,1-2H3. The highest BCUT2D eigenvalue weighted by atomic mass is 19.1. The van der Waals surface area contributed by atoms with E-state index in [1.807, 2.05) is 18.0 Å². The third-order valence-electron chi connectivity index (χ3n) is 3.08. The van der Waals surface area contributed by atoms with Gasteiger partial charge in [0.15, 0.2) is 0 Å². The van der Waals surface area contributed by atoms with Crippen LogP contribution in [0.2, 0.25) is 0 Å². The summed E-state index contributed by atoms with van der Waals surface area (Å²) in [6.45, 7) is 1.06. The summed E-state index contributed by atoms with van der Waals surface area (Å²) in [7, 11) is 3.22. The third-order valence-corrected chi connectivity index (χ3v) is 3.08. The zero-order valence-electron chi connectivity index (χ0n) is 12.0. The lowest BCUT2D eigenvalue weighted by atomic mass is 10.2. The molecule has 1 aromatic carbocycles. The van der Waals surface area contributed by atoms with Gasteiger partial charge >= 0.3 is 5.97 Å². The van der Waals surface area contributed by atoms with Gasteiger partial charge in [-0.1, -0.05) is 18.2 Å². The van der Waals surface area contributed by atoms with Crippen molar-refractivity contribution in [3.8, 4) is 0 Å². The summed E-state index contributed by atoms with van der Waals surface area (Å²) >= 11 is 0. The molecule has 21 heavy (non-hydrogen) atoms. The molecule has 0 N–H and O–H groups in total. The van der Waals surface area contributed by atoms with Crippen LogP contribution in [0.3, 0.4) is 0 Å². The molecule has 1 aromatic heterocycles. The van der Waals surface area contributed by atoms with E-state index >= 15 is 0 Å². The molecule has 0 atom stereocenters. The molecule has 0 saturated carbocycles. The van der Waals surface area contributed by atoms with Crippen LogP contribution in [0, 0.1) is 5.82 Å². The Bertz CT molecular complexity index is 614. The molecule has 2 rings (SSSR count). The van der Waals surface area contributed by atoms with E-state index in [1.54, 1.807) is 24.3 Å². The largest absolute Gasteiger partial charge is 0.465 e. The van der Waals surface area contributed by atoms with Gasteiger partial charge in [-0.05, 0) is 25.2 Å². The maximum absolute atomic E-state index is 13.6. The Kier molecular flexibility index (Phi) is 5.00. The second-order valence-corrected chi connectivity index (χ2v) is 4.79. The number of benzene rings is 1. The van der Waals surface area contributed by atoms with E-state index in [1.165, 1.54) is 19.4 Å². The fourth-order valence-corrected chi connectivity index (χ4v) is 2.01. The van der Waals surface area contributed by atoms with Crippen LogP contribution in [0.25, 0.3) is 0 Å². The minimum absolute atomic E-state index is 0.210. The second-order valence-electron chi connectivity index (χ2n) is 4.79. The van der Waals surface area contributed by atoms with E-state index in [0.29, 0.717) is 24.2 Å². The molecule has 0 aliphatic carbocycles. The summed E-state index contributed by atoms with van der Waals surface area (Å²) in [6, 6.07) is 10.1. The van der Waals surface area contributed by atoms with Crippen molar-refractivity contribution in [1.29, 1.82) is 0 Å². The first-order chi connectivity index (χ1) is 10.1. The molecule has 1 heterocycles. The molecule has 0 spiro atoms. The van der Waals surface area contributed by atoms with Crippen LogP contribution in [0.15, 0.2) is 42.6 Å². The van der Waals surface area contributed by atoms with Gasteiger partial charge in [-0.3, -0.25) is 9.88 Å².